The average molecular weight is 386 g/mol. The van der Waals surface area contributed by atoms with Crippen molar-refractivity contribution in [2.75, 3.05) is 31.1 Å². The van der Waals surface area contributed by atoms with Crippen LogP contribution in [-0.2, 0) is 16.3 Å². The van der Waals surface area contributed by atoms with Crippen molar-refractivity contribution in [1.82, 2.24) is 14.7 Å². The Kier molecular flexibility index (Phi) is 5.45. The number of rotatable bonds is 6. The molecule has 0 aliphatic carbocycles. The molecule has 1 atom stereocenters. The lowest BCUT2D eigenvalue weighted by molar-refractivity contribution is 0.298. The van der Waals surface area contributed by atoms with Gasteiger partial charge in [-0.2, -0.15) is 5.10 Å². The minimum atomic E-state index is -2.88. The van der Waals surface area contributed by atoms with E-state index in [1.54, 1.807) is 0 Å². The summed E-state index contributed by atoms with van der Waals surface area (Å²) in [7, 11) is -2.88. The fraction of sp³-hybridized carbons (Fsp3) is 0.476. The number of hydrogen-bond donors (Lipinski definition) is 0. The van der Waals surface area contributed by atoms with Crippen molar-refractivity contribution in [2.45, 2.75) is 31.7 Å². The molecule has 4 rings (SSSR count). The Morgan fingerprint density at radius 1 is 1.19 bits per heavy atom. The van der Waals surface area contributed by atoms with E-state index in [0.29, 0.717) is 6.42 Å². The molecular weight excluding hydrogens is 358 g/mol. The first-order valence-corrected chi connectivity index (χ1v) is 11.6. The third kappa shape index (κ3) is 4.68. The van der Waals surface area contributed by atoms with Gasteiger partial charge in [0.05, 0.1) is 23.7 Å². The van der Waals surface area contributed by atoms with Gasteiger partial charge in [0.15, 0.2) is 9.84 Å². The van der Waals surface area contributed by atoms with Gasteiger partial charge in [0.2, 0.25) is 0 Å². The minimum absolute atomic E-state index is 0.00225. The standard InChI is InChI=1S/C21H27N3O2S/c25-27(26)14-10-21(17-27)24-16-20(15-22-24)19-8-12-23(13-9-19)11-4-7-18-5-2-1-3-6-18/h1-3,5-6,8,15-16,21H,4,7,9-14,17H2/t21-/m1/s1. The minimum Gasteiger partial charge on any atom is -0.299 e. The summed E-state index contributed by atoms with van der Waals surface area (Å²) < 4.78 is 25.2. The van der Waals surface area contributed by atoms with E-state index in [4.69, 9.17) is 0 Å². The number of nitrogens with zero attached hydrogens (tertiary/aromatic N) is 3. The molecule has 0 amide bonds. The van der Waals surface area contributed by atoms with Crippen LogP contribution in [0, 0.1) is 0 Å². The zero-order valence-electron chi connectivity index (χ0n) is 15.6. The number of benzene rings is 1. The summed E-state index contributed by atoms with van der Waals surface area (Å²) in [6.45, 7) is 3.18. The Labute approximate surface area is 161 Å². The van der Waals surface area contributed by atoms with E-state index < -0.39 is 9.84 Å². The van der Waals surface area contributed by atoms with Gasteiger partial charge in [0.25, 0.3) is 0 Å². The van der Waals surface area contributed by atoms with E-state index in [1.165, 1.54) is 17.6 Å². The van der Waals surface area contributed by atoms with Gasteiger partial charge in [0, 0.05) is 24.8 Å². The third-order valence-corrected chi connectivity index (χ3v) is 7.38. The van der Waals surface area contributed by atoms with Crippen molar-refractivity contribution in [1.29, 1.82) is 0 Å². The SMILES string of the molecule is O=S1(=O)CC[C@@H](n2cc(C3=CCN(CCCc4ccccc4)CC3)cn2)C1. The monoisotopic (exact) mass is 385 g/mol. The van der Waals surface area contributed by atoms with Crippen LogP contribution in [0.4, 0.5) is 0 Å². The molecule has 3 heterocycles. The number of hydrogen-bond acceptors (Lipinski definition) is 4. The molecule has 5 nitrogen and oxygen atoms in total. The molecule has 27 heavy (non-hydrogen) atoms. The number of sulfone groups is 1. The first-order chi connectivity index (χ1) is 13.1. The second kappa shape index (κ2) is 7.98. The molecular formula is C21H27N3O2S. The Morgan fingerprint density at radius 2 is 2.04 bits per heavy atom. The fourth-order valence-corrected chi connectivity index (χ4v) is 5.72. The molecule has 1 aromatic heterocycles. The van der Waals surface area contributed by atoms with E-state index in [2.05, 4.69) is 46.4 Å². The maximum atomic E-state index is 11.7. The van der Waals surface area contributed by atoms with Crippen LogP contribution in [0.3, 0.4) is 0 Å². The molecule has 144 valence electrons. The highest BCUT2D eigenvalue weighted by molar-refractivity contribution is 7.91. The summed E-state index contributed by atoms with van der Waals surface area (Å²) in [5.41, 5.74) is 3.89. The van der Waals surface area contributed by atoms with E-state index in [0.717, 1.165) is 38.0 Å². The molecule has 2 aliphatic rings. The van der Waals surface area contributed by atoms with Crippen LogP contribution in [0.1, 0.15) is 36.4 Å². The van der Waals surface area contributed by atoms with Gasteiger partial charge in [-0.3, -0.25) is 9.58 Å². The second-order valence-corrected chi connectivity index (χ2v) is 9.86. The summed E-state index contributed by atoms with van der Waals surface area (Å²) in [5.74, 6) is 0.510. The Hall–Kier alpha value is -1.92. The molecule has 0 spiro atoms. The van der Waals surface area contributed by atoms with Gasteiger partial charge < -0.3 is 0 Å². The topological polar surface area (TPSA) is 55.2 Å². The van der Waals surface area contributed by atoms with Crippen LogP contribution in [0.15, 0.2) is 48.8 Å². The molecule has 2 aromatic rings. The largest absolute Gasteiger partial charge is 0.299 e. The quantitative estimate of drug-likeness (QED) is 0.767. The predicted molar refractivity (Wildman–Crippen MR) is 108 cm³/mol. The van der Waals surface area contributed by atoms with Crippen molar-refractivity contribution >= 4 is 15.4 Å². The van der Waals surface area contributed by atoms with Gasteiger partial charge >= 0.3 is 0 Å². The van der Waals surface area contributed by atoms with Crippen LogP contribution in [-0.4, -0.2) is 54.2 Å². The van der Waals surface area contributed by atoms with Gasteiger partial charge in [-0.15, -0.1) is 0 Å². The van der Waals surface area contributed by atoms with Crippen molar-refractivity contribution in [3.8, 4) is 0 Å². The van der Waals surface area contributed by atoms with Crippen LogP contribution in [0.25, 0.3) is 5.57 Å². The van der Waals surface area contributed by atoms with Gasteiger partial charge in [-0.25, -0.2) is 8.42 Å². The molecule has 0 radical (unpaired) electrons. The van der Waals surface area contributed by atoms with E-state index >= 15 is 0 Å². The summed E-state index contributed by atoms with van der Waals surface area (Å²) in [5, 5.41) is 4.44. The highest BCUT2D eigenvalue weighted by atomic mass is 32.2. The summed E-state index contributed by atoms with van der Waals surface area (Å²) in [4.78, 5) is 2.50. The lowest BCUT2D eigenvalue weighted by atomic mass is 10.0. The second-order valence-electron chi connectivity index (χ2n) is 7.64. The van der Waals surface area contributed by atoms with E-state index in [-0.39, 0.29) is 17.5 Å². The zero-order valence-corrected chi connectivity index (χ0v) is 16.4. The van der Waals surface area contributed by atoms with Crippen LogP contribution >= 0.6 is 0 Å². The molecule has 0 bridgehead atoms. The highest BCUT2D eigenvalue weighted by Crippen LogP contribution is 2.27. The number of aromatic nitrogens is 2. The Bertz CT molecular complexity index is 903. The fourth-order valence-electron chi connectivity index (χ4n) is 4.02. The molecule has 0 N–H and O–H groups in total. The van der Waals surface area contributed by atoms with Gasteiger partial charge in [-0.05, 0) is 43.4 Å². The molecule has 1 fully saturated rings. The molecule has 1 saturated heterocycles. The van der Waals surface area contributed by atoms with Gasteiger partial charge in [0.1, 0.15) is 0 Å². The van der Waals surface area contributed by atoms with Crippen LogP contribution in [0.2, 0.25) is 0 Å². The average Bonchev–Trinajstić information content (AvgIpc) is 3.30. The molecule has 0 saturated carbocycles. The van der Waals surface area contributed by atoms with E-state index in [1.807, 2.05) is 17.1 Å². The zero-order chi connectivity index (χ0) is 18.7. The van der Waals surface area contributed by atoms with Crippen LogP contribution < -0.4 is 0 Å². The summed E-state index contributed by atoms with van der Waals surface area (Å²) in [6, 6.07) is 10.7. The summed E-state index contributed by atoms with van der Waals surface area (Å²) in [6.07, 6.45) is 10.2. The van der Waals surface area contributed by atoms with Crippen molar-refractivity contribution < 1.29 is 8.42 Å². The first-order valence-electron chi connectivity index (χ1n) is 9.79. The number of aryl methyl sites for hydroxylation is 1. The van der Waals surface area contributed by atoms with Crippen molar-refractivity contribution in [2.24, 2.45) is 0 Å². The Morgan fingerprint density at radius 3 is 2.74 bits per heavy atom. The maximum absolute atomic E-state index is 11.7. The maximum Gasteiger partial charge on any atom is 0.152 e. The molecule has 0 unspecified atom stereocenters. The normalized spacial score (nSPS) is 22.7. The van der Waals surface area contributed by atoms with Crippen molar-refractivity contribution in [3.63, 3.8) is 0 Å². The molecule has 1 aromatic carbocycles. The van der Waals surface area contributed by atoms with E-state index in [9.17, 15) is 8.42 Å². The smallest absolute Gasteiger partial charge is 0.152 e. The van der Waals surface area contributed by atoms with Crippen LogP contribution in [0.5, 0.6) is 0 Å². The summed E-state index contributed by atoms with van der Waals surface area (Å²) >= 11 is 0. The van der Waals surface area contributed by atoms with Crippen molar-refractivity contribution in [3.05, 3.63) is 59.9 Å². The predicted octanol–water partition coefficient (Wildman–Crippen LogP) is 2.96. The lowest BCUT2D eigenvalue weighted by Gasteiger charge is -2.26. The first kappa shape index (κ1) is 18.4. The lowest BCUT2D eigenvalue weighted by Crippen LogP contribution is -2.29. The molecule has 2 aliphatic heterocycles. The third-order valence-electron chi connectivity index (χ3n) is 5.63. The molecule has 6 heteroatoms. The van der Waals surface area contributed by atoms with Gasteiger partial charge in [-0.1, -0.05) is 36.4 Å². The highest BCUT2D eigenvalue weighted by Gasteiger charge is 2.29. The Balaban J connectivity index is 1.29.